The summed E-state index contributed by atoms with van der Waals surface area (Å²) in [4.78, 5) is 27.8. The predicted molar refractivity (Wildman–Crippen MR) is 116 cm³/mol. The van der Waals surface area contributed by atoms with E-state index in [9.17, 15) is 9.59 Å². The average molecular weight is 411 g/mol. The molecule has 2 atom stereocenters. The second-order valence-corrected chi connectivity index (χ2v) is 7.32. The number of piperidine rings is 1. The first kappa shape index (κ1) is 21.8. The number of likely N-dealkylation sites (tertiary alicyclic amines) is 1. The van der Waals surface area contributed by atoms with E-state index in [1.165, 1.54) is 0 Å². The maximum atomic E-state index is 13.4. The highest BCUT2D eigenvalue weighted by Crippen LogP contribution is 2.31. The maximum Gasteiger partial charge on any atom is 0.310 e. The number of benzene rings is 2. The summed E-state index contributed by atoms with van der Waals surface area (Å²) in [5.41, 5.74) is 1.54. The summed E-state index contributed by atoms with van der Waals surface area (Å²) in [6.07, 6.45) is 1.63. The monoisotopic (exact) mass is 410 g/mol. The number of rotatable bonds is 8. The number of nitrogens with one attached hydrogen (secondary N) is 1. The van der Waals surface area contributed by atoms with Crippen molar-refractivity contribution in [2.45, 2.75) is 32.7 Å². The second-order valence-electron chi connectivity index (χ2n) is 7.32. The fraction of sp³-hybridized carbons (Fsp3) is 0.417. The molecular weight excluding hydrogens is 380 g/mol. The molecule has 1 saturated heterocycles. The Kier molecular flexibility index (Phi) is 7.85. The van der Waals surface area contributed by atoms with E-state index >= 15 is 0 Å². The lowest BCUT2D eigenvalue weighted by molar-refractivity contribution is -0.151. The Bertz CT molecular complexity index is 840. The van der Waals surface area contributed by atoms with Gasteiger partial charge in [0.2, 0.25) is 5.91 Å². The van der Waals surface area contributed by atoms with Crippen molar-refractivity contribution in [1.29, 1.82) is 0 Å². The van der Waals surface area contributed by atoms with Crippen molar-refractivity contribution in [3.8, 4) is 5.75 Å². The lowest BCUT2D eigenvalue weighted by Gasteiger charge is -2.37. The average Bonchev–Trinajstić information content (AvgIpc) is 2.77. The topological polar surface area (TPSA) is 67.9 Å². The molecule has 0 aliphatic carbocycles. The summed E-state index contributed by atoms with van der Waals surface area (Å²) < 4.78 is 10.9. The van der Waals surface area contributed by atoms with Crippen LogP contribution in [-0.4, -0.2) is 43.1 Å². The van der Waals surface area contributed by atoms with Gasteiger partial charge in [0.05, 0.1) is 24.8 Å². The number of carbonyl (C=O) groups excluding carboxylic acids is 2. The summed E-state index contributed by atoms with van der Waals surface area (Å²) in [5.74, 6) is 0.102. The van der Waals surface area contributed by atoms with Crippen LogP contribution in [-0.2, 0) is 14.3 Å². The Morgan fingerprint density at radius 2 is 1.80 bits per heavy atom. The zero-order chi connectivity index (χ0) is 21.3. The molecule has 0 saturated carbocycles. The first-order valence-corrected chi connectivity index (χ1v) is 10.6. The summed E-state index contributed by atoms with van der Waals surface area (Å²) in [6.45, 7) is 5.85. The minimum absolute atomic E-state index is 0.141. The smallest absolute Gasteiger partial charge is 0.310 e. The van der Waals surface area contributed by atoms with Crippen LogP contribution in [0, 0.1) is 5.92 Å². The molecule has 160 valence electrons. The summed E-state index contributed by atoms with van der Waals surface area (Å²) >= 11 is 0. The van der Waals surface area contributed by atoms with Gasteiger partial charge in [0, 0.05) is 6.54 Å². The standard InChI is InChI=1S/C24H30N2O4/c1-3-29-21-15-9-8-14-20(21)25-23(27)22(18-11-6-5-7-12-18)26-16-10-13-19(17-26)24(28)30-4-2/h5-9,11-12,14-15,19,22H,3-4,10,13,16-17H2,1-2H3,(H,25,27)/t19-,22-/m1/s1. The SMILES string of the molecule is CCOC(=O)[C@@H]1CCCN([C@@H](C(=O)Nc2ccccc2OCC)c2ccccc2)C1. The van der Waals surface area contributed by atoms with Crippen LogP contribution in [0.25, 0.3) is 0 Å². The van der Waals surface area contributed by atoms with Gasteiger partial charge in [0.1, 0.15) is 11.8 Å². The molecule has 6 nitrogen and oxygen atoms in total. The van der Waals surface area contributed by atoms with E-state index in [-0.39, 0.29) is 17.8 Å². The molecule has 2 aromatic rings. The van der Waals surface area contributed by atoms with Crippen molar-refractivity contribution in [2.24, 2.45) is 5.92 Å². The van der Waals surface area contributed by atoms with Crippen molar-refractivity contribution in [3.63, 3.8) is 0 Å². The molecule has 1 heterocycles. The third-order valence-corrected chi connectivity index (χ3v) is 5.25. The Morgan fingerprint density at radius 3 is 2.53 bits per heavy atom. The minimum Gasteiger partial charge on any atom is -0.492 e. The lowest BCUT2D eigenvalue weighted by Crippen LogP contribution is -2.45. The summed E-state index contributed by atoms with van der Waals surface area (Å²) in [7, 11) is 0. The molecule has 0 radical (unpaired) electrons. The van der Waals surface area contributed by atoms with Crippen LogP contribution in [0.4, 0.5) is 5.69 Å². The van der Waals surface area contributed by atoms with E-state index in [2.05, 4.69) is 10.2 Å². The van der Waals surface area contributed by atoms with E-state index in [0.717, 1.165) is 24.9 Å². The second kappa shape index (κ2) is 10.8. The van der Waals surface area contributed by atoms with E-state index < -0.39 is 6.04 Å². The molecule has 1 fully saturated rings. The molecule has 3 rings (SSSR count). The first-order valence-electron chi connectivity index (χ1n) is 10.6. The normalized spacial score (nSPS) is 17.7. The fourth-order valence-electron chi connectivity index (χ4n) is 3.91. The van der Waals surface area contributed by atoms with Gasteiger partial charge in [-0.2, -0.15) is 0 Å². The molecule has 30 heavy (non-hydrogen) atoms. The number of hydrogen-bond donors (Lipinski definition) is 1. The van der Waals surface area contributed by atoms with Crippen molar-refractivity contribution in [1.82, 2.24) is 4.90 Å². The van der Waals surface area contributed by atoms with Gasteiger partial charge in [-0.3, -0.25) is 14.5 Å². The van der Waals surface area contributed by atoms with E-state index in [0.29, 0.717) is 31.2 Å². The lowest BCUT2D eigenvalue weighted by atomic mass is 9.94. The van der Waals surface area contributed by atoms with Crippen LogP contribution in [0.2, 0.25) is 0 Å². The maximum absolute atomic E-state index is 13.4. The van der Waals surface area contributed by atoms with Crippen molar-refractivity contribution >= 4 is 17.6 Å². The number of ether oxygens (including phenoxy) is 2. The zero-order valence-corrected chi connectivity index (χ0v) is 17.7. The molecule has 1 aliphatic rings. The number of esters is 1. The van der Waals surface area contributed by atoms with Crippen LogP contribution in [0.1, 0.15) is 38.3 Å². The Hall–Kier alpha value is -2.86. The van der Waals surface area contributed by atoms with Gasteiger partial charge in [-0.05, 0) is 50.9 Å². The van der Waals surface area contributed by atoms with Crippen LogP contribution in [0.3, 0.4) is 0 Å². The number of nitrogens with zero attached hydrogens (tertiary/aromatic N) is 1. The number of amides is 1. The van der Waals surface area contributed by atoms with Gasteiger partial charge in [0.25, 0.3) is 0 Å². The third kappa shape index (κ3) is 5.39. The number of anilines is 1. The van der Waals surface area contributed by atoms with Gasteiger partial charge in [-0.1, -0.05) is 42.5 Å². The highest BCUT2D eigenvalue weighted by Gasteiger charge is 2.35. The Morgan fingerprint density at radius 1 is 1.07 bits per heavy atom. The van der Waals surface area contributed by atoms with Crippen molar-refractivity contribution in [2.75, 3.05) is 31.6 Å². The van der Waals surface area contributed by atoms with Crippen molar-refractivity contribution in [3.05, 3.63) is 60.2 Å². The van der Waals surface area contributed by atoms with Crippen LogP contribution < -0.4 is 10.1 Å². The molecular formula is C24H30N2O4. The summed E-state index contributed by atoms with van der Waals surface area (Å²) in [6, 6.07) is 16.6. The van der Waals surface area contributed by atoms with Crippen LogP contribution in [0.15, 0.2) is 54.6 Å². The number of carbonyl (C=O) groups is 2. The predicted octanol–water partition coefficient (Wildman–Crippen LogP) is 4.04. The molecule has 0 spiro atoms. The largest absolute Gasteiger partial charge is 0.492 e. The molecule has 2 aromatic carbocycles. The van der Waals surface area contributed by atoms with Crippen LogP contribution >= 0.6 is 0 Å². The Balaban J connectivity index is 1.85. The summed E-state index contributed by atoms with van der Waals surface area (Å²) in [5, 5.41) is 3.04. The van der Waals surface area contributed by atoms with Gasteiger partial charge in [0.15, 0.2) is 0 Å². The quantitative estimate of drug-likeness (QED) is 0.665. The molecule has 1 N–H and O–H groups in total. The minimum atomic E-state index is -0.502. The van der Waals surface area contributed by atoms with Crippen LogP contribution in [0.5, 0.6) is 5.75 Å². The number of hydrogen-bond acceptors (Lipinski definition) is 5. The van der Waals surface area contributed by atoms with E-state index in [4.69, 9.17) is 9.47 Å². The third-order valence-electron chi connectivity index (χ3n) is 5.25. The molecule has 0 aromatic heterocycles. The fourth-order valence-corrected chi connectivity index (χ4v) is 3.91. The molecule has 1 amide bonds. The van der Waals surface area contributed by atoms with Gasteiger partial charge in [-0.15, -0.1) is 0 Å². The van der Waals surface area contributed by atoms with Gasteiger partial charge >= 0.3 is 5.97 Å². The molecule has 0 unspecified atom stereocenters. The molecule has 6 heteroatoms. The first-order chi connectivity index (χ1) is 14.6. The number of para-hydroxylation sites is 2. The molecule has 1 aliphatic heterocycles. The van der Waals surface area contributed by atoms with Gasteiger partial charge in [-0.25, -0.2) is 0 Å². The van der Waals surface area contributed by atoms with Gasteiger partial charge < -0.3 is 14.8 Å². The van der Waals surface area contributed by atoms with E-state index in [1.807, 2.05) is 68.4 Å². The molecule has 0 bridgehead atoms. The zero-order valence-electron chi connectivity index (χ0n) is 17.7. The Labute approximate surface area is 178 Å². The highest BCUT2D eigenvalue weighted by molar-refractivity contribution is 5.96. The van der Waals surface area contributed by atoms with Crippen molar-refractivity contribution < 1.29 is 19.1 Å². The van der Waals surface area contributed by atoms with E-state index in [1.54, 1.807) is 0 Å². The highest BCUT2D eigenvalue weighted by atomic mass is 16.5.